The number of nitrogens with one attached hydrogen (secondary N) is 2. The van der Waals surface area contributed by atoms with E-state index < -0.39 is 0 Å². The molecule has 0 radical (unpaired) electrons. The molecule has 0 aromatic heterocycles. The first-order valence-corrected chi connectivity index (χ1v) is 8.71. The van der Waals surface area contributed by atoms with Crippen molar-refractivity contribution in [1.29, 1.82) is 0 Å². The van der Waals surface area contributed by atoms with Crippen molar-refractivity contribution < 1.29 is 9.59 Å². The van der Waals surface area contributed by atoms with Gasteiger partial charge in [0.05, 0.1) is 6.04 Å². The summed E-state index contributed by atoms with van der Waals surface area (Å²) in [5, 5.41) is 6.26. The Hall–Kier alpha value is -1.85. The quantitative estimate of drug-likeness (QED) is 0.754. The van der Waals surface area contributed by atoms with E-state index in [1.165, 1.54) is 0 Å². The monoisotopic (exact) mass is 408 g/mol. The van der Waals surface area contributed by atoms with Gasteiger partial charge in [-0.1, -0.05) is 39.7 Å². The van der Waals surface area contributed by atoms with Crippen LogP contribution < -0.4 is 10.6 Å². The van der Waals surface area contributed by atoms with Gasteiger partial charge in [0.2, 0.25) is 5.91 Å². The molecule has 0 aliphatic heterocycles. The van der Waals surface area contributed by atoms with Crippen LogP contribution in [0.1, 0.15) is 35.3 Å². The van der Waals surface area contributed by atoms with Crippen LogP contribution >= 0.6 is 27.5 Å². The van der Waals surface area contributed by atoms with Gasteiger partial charge in [0.25, 0.3) is 5.91 Å². The van der Waals surface area contributed by atoms with E-state index in [9.17, 15) is 9.59 Å². The highest BCUT2D eigenvalue weighted by Crippen LogP contribution is 2.17. The van der Waals surface area contributed by atoms with E-state index in [1.807, 2.05) is 25.1 Å². The number of rotatable bonds is 6. The molecule has 0 spiro atoms. The topological polar surface area (TPSA) is 58.2 Å². The Bertz CT molecular complexity index is 719. The first-order valence-electron chi connectivity index (χ1n) is 7.54. The number of amides is 2. The van der Waals surface area contributed by atoms with E-state index in [1.54, 1.807) is 30.3 Å². The lowest BCUT2D eigenvalue weighted by Gasteiger charge is -2.14. The van der Waals surface area contributed by atoms with Crippen LogP contribution in [0.2, 0.25) is 5.02 Å². The molecule has 6 heteroatoms. The predicted octanol–water partition coefficient (Wildman–Crippen LogP) is 4.10. The zero-order chi connectivity index (χ0) is 17.5. The number of hydrogen-bond acceptors (Lipinski definition) is 2. The van der Waals surface area contributed by atoms with Crippen LogP contribution in [0.15, 0.2) is 53.0 Å². The normalized spacial score (nSPS) is 11.6. The molecule has 0 unspecified atom stereocenters. The molecule has 2 aromatic carbocycles. The Kier molecular flexibility index (Phi) is 6.82. The van der Waals surface area contributed by atoms with Gasteiger partial charge in [-0.2, -0.15) is 0 Å². The lowest BCUT2D eigenvalue weighted by Crippen LogP contribution is -2.32. The summed E-state index contributed by atoms with van der Waals surface area (Å²) in [5.74, 6) is -0.322. The minimum absolute atomic E-state index is 0.126. The summed E-state index contributed by atoms with van der Waals surface area (Å²) < 4.78 is 0.911. The lowest BCUT2D eigenvalue weighted by atomic mass is 10.1. The molecule has 2 rings (SSSR count). The van der Waals surface area contributed by atoms with Gasteiger partial charge in [-0.3, -0.25) is 9.59 Å². The third kappa shape index (κ3) is 5.65. The second-order valence-corrected chi connectivity index (χ2v) is 6.71. The Balaban J connectivity index is 1.77. The fourth-order valence-corrected chi connectivity index (χ4v) is 2.63. The van der Waals surface area contributed by atoms with Crippen LogP contribution in [-0.2, 0) is 4.79 Å². The van der Waals surface area contributed by atoms with Crippen LogP contribution in [0.4, 0.5) is 0 Å². The Morgan fingerprint density at radius 2 is 1.88 bits per heavy atom. The van der Waals surface area contributed by atoms with Crippen LogP contribution in [0.3, 0.4) is 0 Å². The van der Waals surface area contributed by atoms with E-state index in [0.717, 1.165) is 10.0 Å². The summed E-state index contributed by atoms with van der Waals surface area (Å²) in [7, 11) is 0. The van der Waals surface area contributed by atoms with Gasteiger partial charge >= 0.3 is 0 Å². The third-order valence-corrected chi connectivity index (χ3v) is 4.23. The molecule has 126 valence electrons. The molecular formula is C18H18BrClN2O2. The molecule has 1 atom stereocenters. The lowest BCUT2D eigenvalue weighted by molar-refractivity contribution is -0.121. The first-order chi connectivity index (χ1) is 11.5. The molecular weight excluding hydrogens is 392 g/mol. The molecule has 0 aliphatic carbocycles. The van der Waals surface area contributed by atoms with Crippen molar-refractivity contribution in [2.24, 2.45) is 0 Å². The second kappa shape index (κ2) is 8.85. The highest BCUT2D eigenvalue weighted by molar-refractivity contribution is 9.10. The van der Waals surface area contributed by atoms with Gasteiger partial charge in [0.15, 0.2) is 0 Å². The van der Waals surface area contributed by atoms with Crippen molar-refractivity contribution in [3.8, 4) is 0 Å². The second-order valence-electron chi connectivity index (χ2n) is 5.36. The van der Waals surface area contributed by atoms with E-state index in [4.69, 9.17) is 11.6 Å². The van der Waals surface area contributed by atoms with E-state index >= 15 is 0 Å². The first kappa shape index (κ1) is 18.5. The summed E-state index contributed by atoms with van der Waals surface area (Å²) in [6.45, 7) is 2.17. The van der Waals surface area contributed by atoms with Gasteiger partial charge in [0.1, 0.15) is 0 Å². The molecule has 4 nitrogen and oxygen atoms in total. The van der Waals surface area contributed by atoms with Gasteiger partial charge < -0.3 is 10.6 Å². The molecule has 0 saturated heterocycles. The molecule has 0 heterocycles. The van der Waals surface area contributed by atoms with E-state index in [-0.39, 0.29) is 30.8 Å². The van der Waals surface area contributed by atoms with E-state index in [0.29, 0.717) is 10.6 Å². The largest absolute Gasteiger partial charge is 0.352 e. The highest BCUT2D eigenvalue weighted by Gasteiger charge is 2.11. The Morgan fingerprint density at radius 1 is 1.17 bits per heavy atom. The number of carbonyl (C=O) groups excluding carboxylic acids is 2. The zero-order valence-corrected chi connectivity index (χ0v) is 15.5. The van der Waals surface area contributed by atoms with Crippen molar-refractivity contribution in [3.05, 3.63) is 69.2 Å². The summed E-state index contributed by atoms with van der Waals surface area (Å²) in [6, 6.07) is 14.3. The summed E-state index contributed by atoms with van der Waals surface area (Å²) >= 11 is 9.27. The maximum absolute atomic E-state index is 12.0. The van der Waals surface area contributed by atoms with Crippen molar-refractivity contribution in [1.82, 2.24) is 10.6 Å². The maximum atomic E-state index is 12.0. The molecule has 2 N–H and O–H groups in total. The maximum Gasteiger partial charge on any atom is 0.251 e. The fourth-order valence-electron chi connectivity index (χ4n) is 2.17. The van der Waals surface area contributed by atoms with Crippen molar-refractivity contribution in [2.45, 2.75) is 19.4 Å². The van der Waals surface area contributed by atoms with Crippen LogP contribution in [0, 0.1) is 0 Å². The van der Waals surface area contributed by atoms with Crippen molar-refractivity contribution in [2.75, 3.05) is 6.54 Å². The fraction of sp³-hybridized carbons (Fsp3) is 0.222. The average Bonchev–Trinajstić information content (AvgIpc) is 2.55. The van der Waals surface area contributed by atoms with Crippen LogP contribution in [-0.4, -0.2) is 18.4 Å². The van der Waals surface area contributed by atoms with Gasteiger partial charge in [0, 0.05) is 28.0 Å². The minimum Gasteiger partial charge on any atom is -0.352 e. The van der Waals surface area contributed by atoms with Gasteiger partial charge in [-0.05, 0) is 48.9 Å². The average molecular weight is 410 g/mol. The number of halogens is 2. The van der Waals surface area contributed by atoms with Gasteiger partial charge in [-0.25, -0.2) is 0 Å². The minimum atomic E-state index is -0.196. The number of carbonyl (C=O) groups is 2. The van der Waals surface area contributed by atoms with E-state index in [2.05, 4.69) is 26.6 Å². The third-order valence-electron chi connectivity index (χ3n) is 3.47. The molecule has 2 amide bonds. The predicted molar refractivity (Wildman–Crippen MR) is 99.1 cm³/mol. The molecule has 2 aromatic rings. The smallest absolute Gasteiger partial charge is 0.251 e. The SMILES string of the molecule is C[C@H](NC(=O)CCNC(=O)c1ccc(Br)cc1)c1cccc(Cl)c1. The van der Waals surface area contributed by atoms with Crippen LogP contribution in [0.5, 0.6) is 0 Å². The molecule has 0 bridgehead atoms. The molecule has 0 saturated carbocycles. The molecule has 0 aliphatic rings. The zero-order valence-electron chi connectivity index (χ0n) is 13.2. The Labute approximate surface area is 154 Å². The summed E-state index contributed by atoms with van der Waals surface area (Å²) in [4.78, 5) is 23.9. The summed E-state index contributed by atoms with van der Waals surface area (Å²) in [5.41, 5.74) is 1.50. The number of hydrogen-bond donors (Lipinski definition) is 2. The summed E-state index contributed by atoms with van der Waals surface area (Å²) in [6.07, 6.45) is 0.215. The number of benzene rings is 2. The van der Waals surface area contributed by atoms with Crippen molar-refractivity contribution >= 4 is 39.3 Å². The van der Waals surface area contributed by atoms with Gasteiger partial charge in [-0.15, -0.1) is 0 Å². The Morgan fingerprint density at radius 3 is 2.54 bits per heavy atom. The molecule has 0 fully saturated rings. The standard InChI is InChI=1S/C18H18BrClN2O2/c1-12(14-3-2-4-16(20)11-14)22-17(23)9-10-21-18(24)13-5-7-15(19)8-6-13/h2-8,11-12H,9-10H2,1H3,(H,21,24)(H,22,23)/t12-/m0/s1. The van der Waals surface area contributed by atoms with Crippen LogP contribution in [0.25, 0.3) is 0 Å². The van der Waals surface area contributed by atoms with Crippen molar-refractivity contribution in [3.63, 3.8) is 0 Å². The highest BCUT2D eigenvalue weighted by atomic mass is 79.9. The molecule has 24 heavy (non-hydrogen) atoms.